The average Bonchev–Trinajstić information content (AvgIpc) is 2.25. The van der Waals surface area contributed by atoms with Crippen molar-refractivity contribution in [1.29, 1.82) is 0 Å². The molecular weight excluding hydrogens is 377 g/mol. The van der Waals surface area contributed by atoms with Crippen molar-refractivity contribution >= 4 is 44.3 Å². The smallest absolute Gasteiger partial charge is 0.173 e. The predicted octanol–water partition coefficient (Wildman–Crippen LogP) is 2.73. The summed E-state index contributed by atoms with van der Waals surface area (Å²) in [6.45, 7) is 1.60. The molecule has 4 nitrogen and oxygen atoms in total. The lowest BCUT2D eigenvalue weighted by Gasteiger charge is -2.19. The van der Waals surface area contributed by atoms with Gasteiger partial charge in [-0.25, -0.2) is 0 Å². The molecule has 2 atom stereocenters. The monoisotopic (exact) mass is 389 g/mol. The van der Waals surface area contributed by atoms with Gasteiger partial charge in [0.1, 0.15) is 0 Å². The van der Waals surface area contributed by atoms with Crippen molar-refractivity contribution in [2.24, 2.45) is 5.73 Å². The van der Waals surface area contributed by atoms with Gasteiger partial charge in [0, 0.05) is 4.47 Å². The number of rotatable bonds is 3. The molecule has 0 unspecified atom stereocenters. The minimum atomic E-state index is -0.697. The molecule has 98 valence electrons. The Hall–Kier alpha value is -0.0100. The molecule has 1 aromatic carbocycles. The first-order valence-electron chi connectivity index (χ1n) is 4.58. The molecular formula is C10H14Br2ClNO3. The third-order valence-electron chi connectivity index (χ3n) is 2.27. The number of phenols is 1. The second kappa shape index (κ2) is 6.80. The molecule has 17 heavy (non-hydrogen) atoms. The van der Waals surface area contributed by atoms with Crippen molar-refractivity contribution in [2.45, 2.75) is 19.1 Å². The first kappa shape index (κ1) is 17.0. The van der Waals surface area contributed by atoms with Crippen LogP contribution in [0.4, 0.5) is 0 Å². The number of phenolic OH excluding ortho intramolecular Hbond substituents is 1. The minimum Gasteiger partial charge on any atom is -0.503 e. The summed E-state index contributed by atoms with van der Waals surface area (Å²) in [5, 5.41) is 19.2. The van der Waals surface area contributed by atoms with E-state index in [-0.39, 0.29) is 18.2 Å². The van der Waals surface area contributed by atoms with E-state index in [1.165, 1.54) is 7.11 Å². The fourth-order valence-corrected chi connectivity index (χ4v) is 2.26. The molecule has 0 heterocycles. The van der Waals surface area contributed by atoms with Crippen molar-refractivity contribution in [2.75, 3.05) is 7.11 Å². The van der Waals surface area contributed by atoms with Crippen LogP contribution in [0.15, 0.2) is 15.0 Å². The molecule has 0 saturated heterocycles. The van der Waals surface area contributed by atoms with Gasteiger partial charge < -0.3 is 20.7 Å². The Labute approximate surface area is 123 Å². The minimum absolute atomic E-state index is 0. The maximum absolute atomic E-state index is 9.72. The Balaban J connectivity index is 0.00000256. The zero-order valence-corrected chi connectivity index (χ0v) is 13.3. The summed E-state index contributed by atoms with van der Waals surface area (Å²) in [6.07, 6.45) is -0.697. The standard InChI is InChI=1S/C10H13Br2NO3.ClH/c1-4(14)9(13)5-3-6(16-2)10(15)8(12)7(5)11;/h3-4,9,14-15H,13H2,1-2H3;1H/t4-,9-;/m1./s1. The van der Waals surface area contributed by atoms with Crippen LogP contribution >= 0.6 is 44.3 Å². The molecule has 0 spiro atoms. The van der Waals surface area contributed by atoms with Gasteiger partial charge in [0.15, 0.2) is 11.5 Å². The molecule has 0 saturated carbocycles. The highest BCUT2D eigenvalue weighted by molar-refractivity contribution is 9.13. The largest absolute Gasteiger partial charge is 0.503 e. The van der Waals surface area contributed by atoms with E-state index in [2.05, 4.69) is 31.9 Å². The van der Waals surface area contributed by atoms with Crippen LogP contribution in [-0.2, 0) is 0 Å². The normalized spacial score (nSPS) is 13.8. The van der Waals surface area contributed by atoms with Crippen LogP contribution < -0.4 is 10.5 Å². The first-order valence-corrected chi connectivity index (χ1v) is 6.17. The van der Waals surface area contributed by atoms with E-state index in [9.17, 15) is 10.2 Å². The van der Waals surface area contributed by atoms with E-state index >= 15 is 0 Å². The second-order valence-corrected chi connectivity index (χ2v) is 5.00. The molecule has 0 fully saturated rings. The van der Waals surface area contributed by atoms with Gasteiger partial charge in [0.05, 0.1) is 23.7 Å². The topological polar surface area (TPSA) is 75.7 Å². The third-order valence-corrected chi connectivity index (χ3v) is 4.43. The van der Waals surface area contributed by atoms with Crippen LogP contribution in [0.1, 0.15) is 18.5 Å². The number of methoxy groups -OCH3 is 1. The highest BCUT2D eigenvalue weighted by Gasteiger charge is 2.21. The number of hydrogen-bond donors (Lipinski definition) is 3. The van der Waals surface area contributed by atoms with Crippen molar-refractivity contribution < 1.29 is 14.9 Å². The Morgan fingerprint density at radius 3 is 2.29 bits per heavy atom. The van der Waals surface area contributed by atoms with Crippen molar-refractivity contribution in [3.8, 4) is 11.5 Å². The molecule has 1 rings (SSSR count). The van der Waals surface area contributed by atoms with E-state index in [4.69, 9.17) is 10.5 Å². The lowest BCUT2D eigenvalue weighted by Crippen LogP contribution is -2.23. The number of benzene rings is 1. The van der Waals surface area contributed by atoms with Crippen LogP contribution in [0.25, 0.3) is 0 Å². The van der Waals surface area contributed by atoms with Gasteiger partial charge in [-0.15, -0.1) is 12.4 Å². The van der Waals surface area contributed by atoms with Gasteiger partial charge in [-0.2, -0.15) is 0 Å². The highest BCUT2D eigenvalue weighted by atomic mass is 79.9. The van der Waals surface area contributed by atoms with Gasteiger partial charge in [0.25, 0.3) is 0 Å². The first-order chi connectivity index (χ1) is 7.40. The number of halogens is 3. The summed E-state index contributed by atoms with van der Waals surface area (Å²) >= 11 is 6.53. The molecule has 7 heteroatoms. The maximum Gasteiger partial charge on any atom is 0.173 e. The van der Waals surface area contributed by atoms with Gasteiger partial charge in [-0.05, 0) is 50.4 Å². The number of aromatic hydroxyl groups is 1. The summed E-state index contributed by atoms with van der Waals surface area (Å²) in [4.78, 5) is 0. The van der Waals surface area contributed by atoms with E-state index in [1.807, 2.05) is 0 Å². The van der Waals surface area contributed by atoms with Crippen molar-refractivity contribution in [1.82, 2.24) is 0 Å². The molecule has 0 aliphatic rings. The second-order valence-electron chi connectivity index (χ2n) is 3.41. The summed E-state index contributed by atoms with van der Waals surface area (Å²) < 4.78 is 6.08. The van der Waals surface area contributed by atoms with Crippen LogP contribution in [0.2, 0.25) is 0 Å². The van der Waals surface area contributed by atoms with Crippen LogP contribution in [0.5, 0.6) is 11.5 Å². The molecule has 0 aliphatic heterocycles. The number of hydrogen-bond acceptors (Lipinski definition) is 4. The average molecular weight is 391 g/mol. The molecule has 0 aromatic heterocycles. The third kappa shape index (κ3) is 3.48. The summed E-state index contributed by atoms with van der Waals surface area (Å²) in [7, 11) is 1.45. The van der Waals surface area contributed by atoms with Gasteiger partial charge in [0.2, 0.25) is 0 Å². The zero-order chi connectivity index (χ0) is 12.5. The number of aliphatic hydroxyl groups is 1. The molecule has 0 bridgehead atoms. The van der Waals surface area contributed by atoms with Gasteiger partial charge in [-0.1, -0.05) is 0 Å². The van der Waals surface area contributed by atoms with E-state index in [0.29, 0.717) is 20.3 Å². The molecule has 0 radical (unpaired) electrons. The quantitative estimate of drug-likeness (QED) is 0.741. The van der Waals surface area contributed by atoms with Crippen molar-refractivity contribution in [3.63, 3.8) is 0 Å². The fourth-order valence-electron chi connectivity index (χ4n) is 1.27. The molecule has 1 aromatic rings. The van der Waals surface area contributed by atoms with Gasteiger partial charge >= 0.3 is 0 Å². The number of aliphatic hydroxyl groups excluding tert-OH is 1. The van der Waals surface area contributed by atoms with E-state index in [1.54, 1.807) is 13.0 Å². The fraction of sp³-hybridized carbons (Fsp3) is 0.400. The molecule has 4 N–H and O–H groups in total. The Morgan fingerprint density at radius 2 is 1.88 bits per heavy atom. The number of nitrogens with two attached hydrogens (primary N) is 1. The van der Waals surface area contributed by atoms with E-state index < -0.39 is 12.1 Å². The number of ether oxygens (including phenoxy) is 1. The Kier molecular flexibility index (Phi) is 6.79. The van der Waals surface area contributed by atoms with Crippen LogP contribution in [0.3, 0.4) is 0 Å². The molecule has 0 aliphatic carbocycles. The van der Waals surface area contributed by atoms with Crippen LogP contribution in [0, 0.1) is 0 Å². The molecule has 0 amide bonds. The SMILES string of the molecule is COc1cc([C@H](N)[C@@H](C)O)c(Br)c(Br)c1O.Cl. The Morgan fingerprint density at radius 1 is 1.35 bits per heavy atom. The lowest BCUT2D eigenvalue weighted by molar-refractivity contribution is 0.164. The maximum atomic E-state index is 9.72. The summed E-state index contributed by atoms with van der Waals surface area (Å²) in [5.41, 5.74) is 6.51. The zero-order valence-electron chi connectivity index (χ0n) is 9.28. The lowest BCUT2D eigenvalue weighted by atomic mass is 10.0. The summed E-state index contributed by atoms with van der Waals surface area (Å²) in [5.74, 6) is 0.303. The van der Waals surface area contributed by atoms with Crippen LogP contribution in [-0.4, -0.2) is 23.4 Å². The summed E-state index contributed by atoms with van der Waals surface area (Å²) in [6, 6.07) is 1.04. The van der Waals surface area contributed by atoms with Gasteiger partial charge in [-0.3, -0.25) is 0 Å². The Bertz CT molecular complexity index is 402. The van der Waals surface area contributed by atoms with E-state index in [0.717, 1.165) is 0 Å². The highest BCUT2D eigenvalue weighted by Crippen LogP contribution is 2.43. The van der Waals surface area contributed by atoms with Crippen molar-refractivity contribution in [3.05, 3.63) is 20.6 Å². The predicted molar refractivity (Wildman–Crippen MR) is 75.9 cm³/mol.